The number of ether oxygens (including phenoxy) is 5. The smallest absolute Gasteiger partial charge is 0.351 e. The zero-order chi connectivity index (χ0) is 45.9. The minimum Gasteiger partial charge on any atom is -0.497 e. The first-order valence-electron chi connectivity index (χ1n) is 20.8. The van der Waals surface area contributed by atoms with Crippen molar-refractivity contribution in [3.05, 3.63) is 118 Å². The number of hydrogen-bond donors (Lipinski definition) is 2. The summed E-state index contributed by atoms with van der Waals surface area (Å²) in [6.45, 7) is 9.41. The molecule has 5 rings (SSSR count). The average molecular weight is 889 g/mol. The normalized spacial score (nSPS) is 17.8. The summed E-state index contributed by atoms with van der Waals surface area (Å²) < 4.78 is 48.3. The SMILES string of the molecule is CNC.COc1ccc(C(OCC2OC(n3ccc(NC(C)=O)nc3=O)C(OCCC=O)C2OP(OCCC#N)N(C(C)C)C(C)C)(c2ccccc2)c2ccc(OC)cc2)cc1. The molecule has 0 bridgehead atoms. The Kier molecular flexibility index (Phi) is 20.3. The minimum absolute atomic E-state index is 0.00937. The molecule has 5 unspecified atom stereocenters. The Morgan fingerprint density at radius 1 is 0.921 bits per heavy atom. The summed E-state index contributed by atoms with van der Waals surface area (Å²) in [6, 6.07) is 28.6. The summed E-state index contributed by atoms with van der Waals surface area (Å²) in [5.41, 5.74) is 0.422. The molecular formula is C46H61N6O10P. The van der Waals surface area contributed by atoms with Crippen LogP contribution in [0, 0.1) is 11.3 Å². The van der Waals surface area contributed by atoms with Crippen LogP contribution < -0.4 is 25.8 Å². The predicted octanol–water partition coefficient (Wildman–Crippen LogP) is 6.60. The Hall–Kier alpha value is -5.08. The van der Waals surface area contributed by atoms with E-state index in [9.17, 15) is 19.6 Å². The Bertz CT molecular complexity index is 2040. The topological polar surface area (TPSA) is 185 Å². The molecule has 1 amide bonds. The van der Waals surface area contributed by atoms with Crippen molar-refractivity contribution >= 4 is 26.5 Å². The van der Waals surface area contributed by atoms with Crippen molar-refractivity contribution in [3.8, 4) is 17.6 Å². The van der Waals surface area contributed by atoms with Gasteiger partial charge >= 0.3 is 5.69 Å². The highest BCUT2D eigenvalue weighted by Crippen LogP contribution is 2.51. The molecule has 1 aromatic heterocycles. The Morgan fingerprint density at radius 3 is 1.98 bits per heavy atom. The number of carbonyl (C=O) groups is 2. The first kappa shape index (κ1) is 50.6. The number of benzene rings is 3. The van der Waals surface area contributed by atoms with Crippen molar-refractivity contribution in [2.45, 2.75) is 89.7 Å². The van der Waals surface area contributed by atoms with Crippen molar-refractivity contribution in [1.29, 1.82) is 5.26 Å². The molecule has 2 N–H and O–H groups in total. The Labute approximate surface area is 371 Å². The minimum atomic E-state index is -1.87. The third-order valence-corrected chi connectivity index (χ3v) is 11.9. The number of amides is 1. The standard InChI is InChI=1S/C44H54N5O10P.C2H7N/c1-30(2)49(31(3)4)60(57-28-11-24-45)59-40-38(58-42(41(40)55-27-12-26-50)48-25-23-39(46-32(5)51)47-43(48)52)29-56-44(33-13-9-8-10-14-33,34-15-19-36(53-6)20-16-34)35-17-21-37(54-7)22-18-35;1-3-2/h8-10,13-23,25-26,30-31,38,40-42H,11-12,27-29H2,1-7H3,(H,46,47,51,52);3H,1-2H3. The van der Waals surface area contributed by atoms with Crippen molar-refractivity contribution in [1.82, 2.24) is 19.5 Å². The van der Waals surface area contributed by atoms with Crippen LogP contribution in [0.25, 0.3) is 0 Å². The number of nitrogens with zero attached hydrogens (tertiary/aromatic N) is 4. The van der Waals surface area contributed by atoms with E-state index in [2.05, 4.69) is 26.4 Å². The van der Waals surface area contributed by atoms with Crippen LogP contribution >= 0.6 is 8.53 Å². The van der Waals surface area contributed by atoms with Gasteiger partial charge < -0.3 is 48.2 Å². The average Bonchev–Trinajstić information content (AvgIpc) is 3.60. The van der Waals surface area contributed by atoms with Crippen LogP contribution in [0.1, 0.15) is 70.4 Å². The molecule has 1 saturated heterocycles. The molecule has 17 heteroatoms. The second-order valence-electron chi connectivity index (χ2n) is 15.0. The molecule has 1 aliphatic rings. The number of anilines is 1. The van der Waals surface area contributed by atoms with Gasteiger partial charge in [-0.1, -0.05) is 54.6 Å². The number of nitrogens with one attached hydrogen (secondary N) is 2. The number of aromatic nitrogens is 2. The largest absolute Gasteiger partial charge is 0.497 e. The summed E-state index contributed by atoms with van der Waals surface area (Å²) >= 11 is 0. The number of nitriles is 1. The van der Waals surface area contributed by atoms with E-state index >= 15 is 0 Å². The number of hydrogen-bond acceptors (Lipinski definition) is 14. The molecule has 63 heavy (non-hydrogen) atoms. The maximum absolute atomic E-state index is 13.7. The van der Waals surface area contributed by atoms with E-state index < -0.39 is 50.3 Å². The molecule has 0 spiro atoms. The first-order chi connectivity index (χ1) is 30.4. The molecule has 4 aromatic rings. The quantitative estimate of drug-likeness (QED) is 0.0373. The predicted molar refractivity (Wildman–Crippen MR) is 240 cm³/mol. The van der Waals surface area contributed by atoms with Gasteiger partial charge in [0.1, 0.15) is 47.5 Å². The summed E-state index contributed by atoms with van der Waals surface area (Å²) in [5, 5.41) is 14.7. The number of rotatable bonds is 22. The Balaban J connectivity index is 0.00000282. The molecule has 3 aromatic carbocycles. The van der Waals surface area contributed by atoms with Gasteiger partial charge in [0, 0.05) is 31.6 Å². The summed E-state index contributed by atoms with van der Waals surface area (Å²) in [7, 11) is 5.09. The zero-order valence-electron chi connectivity index (χ0n) is 37.6. The molecule has 0 radical (unpaired) electrons. The lowest BCUT2D eigenvalue weighted by molar-refractivity contribution is -0.114. The zero-order valence-corrected chi connectivity index (χ0v) is 38.5. The van der Waals surface area contributed by atoms with Crippen molar-refractivity contribution in [3.63, 3.8) is 0 Å². The van der Waals surface area contributed by atoms with Gasteiger partial charge in [-0.25, -0.2) is 9.46 Å². The highest BCUT2D eigenvalue weighted by molar-refractivity contribution is 7.44. The monoisotopic (exact) mass is 888 g/mol. The van der Waals surface area contributed by atoms with E-state index in [1.165, 1.54) is 23.8 Å². The van der Waals surface area contributed by atoms with E-state index in [1.807, 2.05) is 121 Å². The molecule has 340 valence electrons. The van der Waals surface area contributed by atoms with Gasteiger partial charge in [0.15, 0.2) is 6.23 Å². The fourth-order valence-electron chi connectivity index (χ4n) is 7.16. The molecule has 2 heterocycles. The highest BCUT2D eigenvalue weighted by atomic mass is 31.2. The van der Waals surface area contributed by atoms with Crippen LogP contribution in [0.2, 0.25) is 0 Å². The third-order valence-electron chi connectivity index (χ3n) is 9.75. The van der Waals surface area contributed by atoms with Crippen LogP contribution in [0.3, 0.4) is 0 Å². The molecule has 0 aliphatic carbocycles. The van der Waals surface area contributed by atoms with Crippen LogP contribution in [-0.2, 0) is 38.4 Å². The van der Waals surface area contributed by atoms with Gasteiger partial charge in [0.05, 0.1) is 46.5 Å². The molecular weight excluding hydrogens is 828 g/mol. The maximum atomic E-state index is 13.7. The van der Waals surface area contributed by atoms with Gasteiger partial charge in [-0.3, -0.25) is 9.36 Å². The highest BCUT2D eigenvalue weighted by Gasteiger charge is 2.51. The van der Waals surface area contributed by atoms with Crippen molar-refractivity contribution in [2.75, 3.05) is 53.5 Å². The summed E-state index contributed by atoms with van der Waals surface area (Å²) in [5.74, 6) is 1.000. The number of methoxy groups -OCH3 is 2. The fraction of sp³-hybridized carbons (Fsp3) is 0.457. The molecule has 16 nitrogen and oxygen atoms in total. The second kappa shape index (κ2) is 25.3. The van der Waals surface area contributed by atoms with E-state index in [0.717, 1.165) is 23.0 Å². The van der Waals surface area contributed by atoms with Crippen LogP contribution in [-0.4, -0.2) is 105 Å². The summed E-state index contributed by atoms with van der Waals surface area (Å²) in [6.07, 6.45) is -1.61. The van der Waals surface area contributed by atoms with Gasteiger partial charge in [-0.05, 0) is 88.8 Å². The molecule has 0 saturated carbocycles. The van der Waals surface area contributed by atoms with Crippen molar-refractivity contribution < 1.29 is 42.3 Å². The third kappa shape index (κ3) is 13.2. The fourth-order valence-corrected chi connectivity index (χ4v) is 8.93. The van der Waals surface area contributed by atoms with Gasteiger partial charge in [-0.2, -0.15) is 10.2 Å². The van der Waals surface area contributed by atoms with E-state index in [4.69, 9.17) is 32.7 Å². The van der Waals surface area contributed by atoms with Crippen molar-refractivity contribution in [2.24, 2.45) is 0 Å². The van der Waals surface area contributed by atoms with Crippen LogP contribution in [0.5, 0.6) is 11.5 Å². The lowest BCUT2D eigenvalue weighted by Crippen LogP contribution is -2.43. The van der Waals surface area contributed by atoms with Gasteiger partial charge in [0.2, 0.25) is 5.91 Å². The number of carbonyl (C=O) groups excluding carboxylic acids is 2. The van der Waals surface area contributed by atoms with Crippen LogP contribution in [0.4, 0.5) is 5.82 Å². The lowest BCUT2D eigenvalue weighted by atomic mass is 9.80. The second-order valence-corrected chi connectivity index (χ2v) is 16.4. The molecule has 5 atom stereocenters. The van der Waals surface area contributed by atoms with E-state index in [1.54, 1.807) is 14.2 Å². The lowest BCUT2D eigenvalue weighted by Gasteiger charge is -2.39. The van der Waals surface area contributed by atoms with Gasteiger partial charge in [0.25, 0.3) is 8.53 Å². The number of aldehydes is 1. The first-order valence-corrected chi connectivity index (χ1v) is 21.9. The summed E-state index contributed by atoms with van der Waals surface area (Å²) in [4.78, 5) is 41.2. The van der Waals surface area contributed by atoms with Crippen LogP contribution in [0.15, 0.2) is 95.9 Å². The molecule has 1 fully saturated rings. The van der Waals surface area contributed by atoms with E-state index in [-0.39, 0.29) is 50.6 Å². The van der Waals surface area contributed by atoms with Gasteiger partial charge in [-0.15, -0.1) is 0 Å². The van der Waals surface area contributed by atoms with E-state index in [0.29, 0.717) is 11.5 Å². The Morgan fingerprint density at radius 2 is 1.49 bits per heavy atom. The molecule has 1 aliphatic heterocycles. The maximum Gasteiger partial charge on any atom is 0.351 e.